The topological polar surface area (TPSA) is 43.2 Å². The van der Waals surface area contributed by atoms with Crippen molar-refractivity contribution in [3.63, 3.8) is 0 Å². The van der Waals surface area contributed by atoms with Crippen LogP contribution in [0.1, 0.15) is 36.9 Å². The van der Waals surface area contributed by atoms with Crippen molar-refractivity contribution in [1.82, 2.24) is 15.2 Å². The van der Waals surface area contributed by atoms with Gasteiger partial charge in [0, 0.05) is 31.4 Å². The van der Waals surface area contributed by atoms with E-state index in [0.29, 0.717) is 23.6 Å². The summed E-state index contributed by atoms with van der Waals surface area (Å²) in [4.78, 5) is 6.83. The fraction of sp³-hybridized carbons (Fsp3) is 0.474. The van der Waals surface area contributed by atoms with Gasteiger partial charge in [-0.1, -0.05) is 6.08 Å². The van der Waals surface area contributed by atoms with Gasteiger partial charge in [0.1, 0.15) is 0 Å². The lowest BCUT2D eigenvalue weighted by molar-refractivity contribution is -0.137. The molecule has 0 bridgehead atoms. The number of halogens is 3. The fourth-order valence-electron chi connectivity index (χ4n) is 3.43. The lowest BCUT2D eigenvalue weighted by Crippen LogP contribution is -2.46. The molecule has 2 aliphatic heterocycles. The van der Waals surface area contributed by atoms with E-state index in [2.05, 4.69) is 21.9 Å². The molecule has 1 saturated heterocycles. The molecule has 0 amide bonds. The second-order valence-corrected chi connectivity index (χ2v) is 6.53. The van der Waals surface area contributed by atoms with Crippen LogP contribution in [-0.2, 0) is 6.18 Å². The summed E-state index contributed by atoms with van der Waals surface area (Å²) in [6, 6.07) is 3.36. The first-order chi connectivity index (χ1) is 13.0. The molecule has 0 radical (unpaired) electrons. The van der Waals surface area contributed by atoms with Gasteiger partial charge in [0.2, 0.25) is 5.96 Å². The number of hydrogen-bond donors (Lipinski definition) is 1. The third-order valence-corrected chi connectivity index (χ3v) is 4.69. The minimum atomic E-state index is -4.40. The Labute approximate surface area is 157 Å². The summed E-state index contributed by atoms with van der Waals surface area (Å²) in [6.07, 6.45) is 0.388. The number of alkyl halides is 3. The smallest absolute Gasteiger partial charge is 0.340 e. The third-order valence-electron chi connectivity index (χ3n) is 4.69. The molecule has 146 valence electrons. The van der Waals surface area contributed by atoms with Crippen molar-refractivity contribution in [2.45, 2.75) is 32.0 Å². The van der Waals surface area contributed by atoms with Crippen LogP contribution in [-0.4, -0.2) is 48.3 Å². The Hall–Kier alpha value is -2.35. The van der Waals surface area contributed by atoms with Crippen molar-refractivity contribution in [3.8, 4) is 0 Å². The summed E-state index contributed by atoms with van der Waals surface area (Å²) in [7, 11) is 0. The molecule has 3 rings (SSSR count). The summed E-state index contributed by atoms with van der Waals surface area (Å²) >= 11 is 0. The highest BCUT2D eigenvalue weighted by Crippen LogP contribution is 2.41. The molecule has 1 N–H and O–H groups in total. The van der Waals surface area contributed by atoms with Crippen LogP contribution >= 0.6 is 0 Å². The van der Waals surface area contributed by atoms with Gasteiger partial charge in [0.25, 0.3) is 0 Å². The highest BCUT2D eigenvalue weighted by molar-refractivity contribution is 5.86. The first kappa shape index (κ1) is 19.4. The molecule has 1 atom stereocenters. The SMILES string of the molecule is C=CCC1c2cc(C(F)(F)F)ccc2N=C(N2CCCNCC2)N1/N=C\C. The Morgan fingerprint density at radius 2 is 2.15 bits per heavy atom. The molecular formula is C19H24F3N5. The Morgan fingerprint density at radius 3 is 2.85 bits per heavy atom. The van der Waals surface area contributed by atoms with Gasteiger partial charge in [0.05, 0.1) is 17.3 Å². The van der Waals surface area contributed by atoms with Crippen LogP contribution in [0, 0.1) is 0 Å². The van der Waals surface area contributed by atoms with E-state index in [9.17, 15) is 13.2 Å². The average Bonchev–Trinajstić information content (AvgIpc) is 2.91. The van der Waals surface area contributed by atoms with Crippen molar-refractivity contribution in [2.75, 3.05) is 26.2 Å². The van der Waals surface area contributed by atoms with E-state index in [0.717, 1.165) is 38.7 Å². The maximum atomic E-state index is 13.2. The van der Waals surface area contributed by atoms with Crippen molar-refractivity contribution in [2.24, 2.45) is 10.1 Å². The van der Waals surface area contributed by atoms with Gasteiger partial charge in [-0.3, -0.25) is 0 Å². The minimum Gasteiger partial charge on any atom is -0.340 e. The quantitative estimate of drug-likeness (QED) is 0.639. The number of hydrogen-bond acceptors (Lipinski definition) is 5. The molecule has 1 unspecified atom stereocenters. The Bertz CT molecular complexity index is 733. The van der Waals surface area contributed by atoms with Gasteiger partial charge in [-0.25, -0.2) is 10.0 Å². The van der Waals surface area contributed by atoms with E-state index >= 15 is 0 Å². The first-order valence-electron chi connectivity index (χ1n) is 9.10. The normalized spacial score (nSPS) is 21.0. The maximum absolute atomic E-state index is 13.2. The molecule has 2 heterocycles. The Morgan fingerprint density at radius 1 is 1.33 bits per heavy atom. The minimum absolute atomic E-state index is 0.375. The summed E-state index contributed by atoms with van der Waals surface area (Å²) in [5.41, 5.74) is 0.407. The first-order valence-corrected chi connectivity index (χ1v) is 9.10. The molecule has 27 heavy (non-hydrogen) atoms. The number of nitrogens with one attached hydrogen (secondary N) is 1. The lowest BCUT2D eigenvalue weighted by atomic mass is 9.97. The number of benzene rings is 1. The molecule has 8 heteroatoms. The van der Waals surface area contributed by atoms with E-state index < -0.39 is 11.7 Å². The van der Waals surface area contributed by atoms with Gasteiger partial charge in [-0.15, -0.1) is 6.58 Å². The molecule has 2 aliphatic rings. The van der Waals surface area contributed by atoms with E-state index in [-0.39, 0.29) is 6.04 Å². The van der Waals surface area contributed by atoms with E-state index in [1.807, 2.05) is 0 Å². The third kappa shape index (κ3) is 4.16. The number of nitrogens with zero attached hydrogens (tertiary/aromatic N) is 4. The second kappa shape index (κ2) is 8.12. The monoisotopic (exact) mass is 379 g/mol. The van der Waals surface area contributed by atoms with Crippen LogP contribution < -0.4 is 5.32 Å². The second-order valence-electron chi connectivity index (χ2n) is 6.53. The maximum Gasteiger partial charge on any atom is 0.416 e. The van der Waals surface area contributed by atoms with E-state index in [1.165, 1.54) is 12.1 Å². The molecule has 0 aliphatic carbocycles. The fourth-order valence-corrected chi connectivity index (χ4v) is 3.43. The zero-order chi connectivity index (χ0) is 19.4. The molecule has 0 saturated carbocycles. The summed E-state index contributed by atoms with van der Waals surface area (Å²) in [5, 5.41) is 9.53. The summed E-state index contributed by atoms with van der Waals surface area (Å²) in [6.45, 7) is 8.92. The van der Waals surface area contributed by atoms with Gasteiger partial charge in [0.15, 0.2) is 0 Å². The van der Waals surface area contributed by atoms with Crippen molar-refractivity contribution >= 4 is 17.9 Å². The molecule has 1 aromatic rings. The Balaban J connectivity index is 2.10. The lowest BCUT2D eigenvalue weighted by Gasteiger charge is -2.38. The molecule has 1 aromatic carbocycles. The zero-order valence-electron chi connectivity index (χ0n) is 15.3. The molecule has 5 nitrogen and oxygen atoms in total. The van der Waals surface area contributed by atoms with Crippen molar-refractivity contribution < 1.29 is 13.2 Å². The molecular weight excluding hydrogens is 355 g/mol. The van der Waals surface area contributed by atoms with Crippen LogP contribution in [0.4, 0.5) is 18.9 Å². The molecule has 1 fully saturated rings. The average molecular weight is 379 g/mol. The van der Waals surface area contributed by atoms with Crippen molar-refractivity contribution in [1.29, 1.82) is 0 Å². The number of guanidine groups is 1. The van der Waals surface area contributed by atoms with Crippen LogP contribution in [0.2, 0.25) is 0 Å². The standard InChI is InChI=1S/C19H24F3N5/c1-3-6-17-15-13-14(19(20,21)22)7-8-16(15)25-18(27(17)24-4-2)26-11-5-9-23-10-12-26/h3-4,7-8,13,17,23H,1,5-6,9-12H2,2H3/b24-4-. The van der Waals surface area contributed by atoms with Crippen LogP contribution in [0.15, 0.2) is 40.9 Å². The predicted molar refractivity (Wildman–Crippen MR) is 101 cm³/mol. The van der Waals surface area contributed by atoms with Gasteiger partial charge >= 0.3 is 6.18 Å². The summed E-state index contributed by atoms with van der Waals surface area (Å²) < 4.78 is 39.6. The summed E-state index contributed by atoms with van der Waals surface area (Å²) in [5.74, 6) is 0.677. The highest BCUT2D eigenvalue weighted by atomic mass is 19.4. The number of rotatable bonds is 3. The van der Waals surface area contributed by atoms with E-state index in [4.69, 9.17) is 4.99 Å². The van der Waals surface area contributed by atoms with Crippen molar-refractivity contribution in [3.05, 3.63) is 42.0 Å². The molecule has 0 spiro atoms. The predicted octanol–water partition coefficient (Wildman–Crippen LogP) is 3.93. The van der Waals surface area contributed by atoms with Gasteiger partial charge < -0.3 is 10.2 Å². The number of hydrazone groups is 1. The number of fused-ring (bicyclic) bond motifs is 1. The number of aliphatic imine (C=N–C) groups is 1. The zero-order valence-corrected chi connectivity index (χ0v) is 15.3. The van der Waals surface area contributed by atoms with Crippen LogP contribution in [0.25, 0.3) is 0 Å². The largest absolute Gasteiger partial charge is 0.416 e. The van der Waals surface area contributed by atoms with Gasteiger partial charge in [-0.05, 0) is 44.5 Å². The highest BCUT2D eigenvalue weighted by Gasteiger charge is 2.36. The molecule has 0 aromatic heterocycles. The van der Waals surface area contributed by atoms with E-state index in [1.54, 1.807) is 24.2 Å². The van der Waals surface area contributed by atoms with Gasteiger partial charge in [-0.2, -0.15) is 18.3 Å². The van der Waals surface area contributed by atoms with Crippen LogP contribution in [0.5, 0.6) is 0 Å². The Kier molecular flexibility index (Phi) is 5.84. The van der Waals surface area contributed by atoms with Crippen LogP contribution in [0.3, 0.4) is 0 Å².